The molecule has 0 unspecified atom stereocenters. The Hall–Kier alpha value is -2.71. The monoisotopic (exact) mass is 416 g/mol. The predicted octanol–water partition coefficient (Wildman–Crippen LogP) is 5.02. The Bertz CT molecular complexity index is 970. The van der Waals surface area contributed by atoms with Crippen LogP contribution in [-0.2, 0) is 0 Å². The minimum Gasteiger partial charge on any atom is -0.370 e. The van der Waals surface area contributed by atoms with Gasteiger partial charge in [-0.2, -0.15) is 0 Å². The Balaban J connectivity index is 1.72. The third-order valence-electron chi connectivity index (χ3n) is 3.82. The summed E-state index contributed by atoms with van der Waals surface area (Å²) in [6.07, 6.45) is 2.53. The fourth-order valence-electron chi connectivity index (χ4n) is 2.49. The molecular weight excluding hydrogens is 396 g/mol. The molecule has 0 radical (unpaired) electrons. The van der Waals surface area contributed by atoms with Crippen molar-refractivity contribution < 1.29 is 4.79 Å². The van der Waals surface area contributed by atoms with Crippen molar-refractivity contribution in [2.45, 2.75) is 27.2 Å². The third kappa shape index (κ3) is 4.96. The fourth-order valence-corrected chi connectivity index (χ4v) is 3.47. The number of para-hydroxylation sites is 1. The first-order valence-electron chi connectivity index (χ1n) is 8.85. The van der Waals surface area contributed by atoms with Crippen molar-refractivity contribution in [1.82, 2.24) is 15.0 Å². The molecule has 0 atom stereocenters. The normalized spacial score (nSPS) is 10.6. The summed E-state index contributed by atoms with van der Waals surface area (Å²) in [5, 5.41) is 10.3. The molecule has 0 saturated heterocycles. The van der Waals surface area contributed by atoms with E-state index in [0.29, 0.717) is 32.4 Å². The van der Waals surface area contributed by atoms with Crippen LogP contribution in [0.2, 0.25) is 5.02 Å². The SMILES string of the molecule is CCCNc1cc(Nc2ncc(C(=O)Nc3c(C)cccc3Cl)s2)nc(C)n1. The van der Waals surface area contributed by atoms with Gasteiger partial charge in [0.2, 0.25) is 0 Å². The minimum absolute atomic E-state index is 0.258. The number of aryl methyl sites for hydroxylation is 2. The number of hydrogen-bond donors (Lipinski definition) is 3. The van der Waals surface area contributed by atoms with Crippen LogP contribution in [0, 0.1) is 13.8 Å². The van der Waals surface area contributed by atoms with Crippen LogP contribution < -0.4 is 16.0 Å². The van der Waals surface area contributed by atoms with Crippen LogP contribution in [0.25, 0.3) is 0 Å². The summed E-state index contributed by atoms with van der Waals surface area (Å²) in [5.74, 6) is 1.76. The Labute approximate surface area is 172 Å². The molecule has 2 aromatic heterocycles. The smallest absolute Gasteiger partial charge is 0.267 e. The molecule has 28 heavy (non-hydrogen) atoms. The summed E-state index contributed by atoms with van der Waals surface area (Å²) < 4.78 is 0. The number of hydrogen-bond acceptors (Lipinski definition) is 7. The molecule has 3 N–H and O–H groups in total. The lowest BCUT2D eigenvalue weighted by atomic mass is 10.2. The molecule has 0 spiro atoms. The van der Waals surface area contributed by atoms with E-state index in [1.54, 1.807) is 6.07 Å². The molecule has 1 aromatic carbocycles. The largest absolute Gasteiger partial charge is 0.370 e. The van der Waals surface area contributed by atoms with Crippen LogP contribution in [0.15, 0.2) is 30.5 Å². The summed E-state index contributed by atoms with van der Waals surface area (Å²) in [5.41, 5.74) is 1.50. The standard InChI is InChI=1S/C19H21ClN6OS/c1-4-8-21-15-9-16(24-12(3)23-15)25-19-22-10-14(28-19)18(27)26-17-11(2)6-5-7-13(17)20/h5-7,9-10H,4,8H2,1-3H3,(H,26,27)(H2,21,22,23,24,25). The number of nitrogens with zero attached hydrogens (tertiary/aromatic N) is 3. The van der Waals surface area contributed by atoms with Gasteiger partial charge in [-0.3, -0.25) is 4.79 Å². The summed E-state index contributed by atoms with van der Waals surface area (Å²) in [6.45, 7) is 6.64. The van der Waals surface area contributed by atoms with Gasteiger partial charge in [0.1, 0.15) is 22.3 Å². The Morgan fingerprint density at radius 2 is 2.00 bits per heavy atom. The third-order valence-corrected chi connectivity index (χ3v) is 5.05. The van der Waals surface area contributed by atoms with E-state index < -0.39 is 0 Å². The number of amides is 1. The molecule has 3 rings (SSSR count). The van der Waals surface area contributed by atoms with E-state index in [0.717, 1.165) is 24.3 Å². The predicted molar refractivity (Wildman–Crippen MR) is 115 cm³/mol. The van der Waals surface area contributed by atoms with Crippen molar-refractivity contribution in [3.63, 3.8) is 0 Å². The number of thiazole rings is 1. The molecule has 0 fully saturated rings. The van der Waals surface area contributed by atoms with Crippen LogP contribution in [0.5, 0.6) is 0 Å². The minimum atomic E-state index is -0.258. The summed E-state index contributed by atoms with van der Waals surface area (Å²) >= 11 is 7.42. The summed E-state index contributed by atoms with van der Waals surface area (Å²) in [4.78, 5) is 26.0. The first kappa shape index (κ1) is 20.0. The molecule has 0 saturated carbocycles. The van der Waals surface area contributed by atoms with E-state index in [9.17, 15) is 4.79 Å². The topological polar surface area (TPSA) is 91.8 Å². The van der Waals surface area contributed by atoms with Crippen LogP contribution in [0.4, 0.5) is 22.5 Å². The van der Waals surface area contributed by atoms with Crippen molar-refractivity contribution in [3.8, 4) is 0 Å². The van der Waals surface area contributed by atoms with Gasteiger partial charge in [0.05, 0.1) is 16.9 Å². The number of rotatable bonds is 7. The number of carbonyl (C=O) groups is 1. The molecule has 2 heterocycles. The zero-order chi connectivity index (χ0) is 20.1. The van der Waals surface area contributed by atoms with Gasteiger partial charge < -0.3 is 16.0 Å². The zero-order valence-corrected chi connectivity index (χ0v) is 17.4. The maximum absolute atomic E-state index is 12.5. The zero-order valence-electron chi connectivity index (χ0n) is 15.8. The second-order valence-electron chi connectivity index (χ2n) is 6.15. The highest BCUT2D eigenvalue weighted by Gasteiger charge is 2.14. The molecule has 3 aromatic rings. The lowest BCUT2D eigenvalue weighted by Crippen LogP contribution is -2.11. The van der Waals surface area contributed by atoms with Gasteiger partial charge in [-0.05, 0) is 31.9 Å². The number of benzene rings is 1. The first-order chi connectivity index (χ1) is 13.5. The first-order valence-corrected chi connectivity index (χ1v) is 10.0. The Kier molecular flexibility index (Phi) is 6.43. The van der Waals surface area contributed by atoms with Crippen molar-refractivity contribution >= 4 is 51.3 Å². The van der Waals surface area contributed by atoms with Gasteiger partial charge in [-0.25, -0.2) is 15.0 Å². The van der Waals surface area contributed by atoms with Crippen molar-refractivity contribution in [2.75, 3.05) is 22.5 Å². The van der Waals surface area contributed by atoms with Crippen LogP contribution in [0.3, 0.4) is 0 Å². The average Bonchev–Trinajstić information content (AvgIpc) is 3.11. The number of halogens is 1. The number of carbonyl (C=O) groups excluding carboxylic acids is 1. The van der Waals surface area contributed by atoms with Crippen molar-refractivity contribution in [3.05, 3.63) is 51.7 Å². The van der Waals surface area contributed by atoms with E-state index in [-0.39, 0.29) is 5.91 Å². The summed E-state index contributed by atoms with van der Waals surface area (Å²) in [6, 6.07) is 7.29. The van der Waals surface area contributed by atoms with E-state index in [4.69, 9.17) is 11.6 Å². The van der Waals surface area contributed by atoms with Crippen LogP contribution >= 0.6 is 22.9 Å². The molecule has 1 amide bonds. The highest BCUT2D eigenvalue weighted by Crippen LogP contribution is 2.28. The quantitative estimate of drug-likeness (QED) is 0.500. The molecule has 0 aliphatic heterocycles. The van der Waals surface area contributed by atoms with Gasteiger partial charge in [0.25, 0.3) is 5.91 Å². The maximum atomic E-state index is 12.5. The summed E-state index contributed by atoms with van der Waals surface area (Å²) in [7, 11) is 0. The van der Waals surface area contributed by atoms with Gasteiger partial charge in [0, 0.05) is 12.6 Å². The maximum Gasteiger partial charge on any atom is 0.267 e. The number of aromatic nitrogens is 3. The van der Waals surface area contributed by atoms with Crippen molar-refractivity contribution in [1.29, 1.82) is 0 Å². The second-order valence-corrected chi connectivity index (χ2v) is 7.59. The van der Waals surface area contributed by atoms with Crippen LogP contribution in [-0.4, -0.2) is 27.4 Å². The molecule has 0 bridgehead atoms. The molecule has 0 aliphatic carbocycles. The van der Waals surface area contributed by atoms with E-state index in [2.05, 4.69) is 37.8 Å². The second kappa shape index (κ2) is 8.99. The lowest BCUT2D eigenvalue weighted by molar-refractivity contribution is 0.103. The van der Waals surface area contributed by atoms with Gasteiger partial charge >= 0.3 is 0 Å². The molecule has 9 heteroatoms. The van der Waals surface area contributed by atoms with E-state index in [1.807, 2.05) is 32.0 Å². The number of anilines is 4. The van der Waals surface area contributed by atoms with Crippen LogP contribution in [0.1, 0.15) is 34.4 Å². The van der Waals surface area contributed by atoms with E-state index >= 15 is 0 Å². The molecule has 7 nitrogen and oxygen atoms in total. The van der Waals surface area contributed by atoms with E-state index in [1.165, 1.54) is 17.5 Å². The Morgan fingerprint density at radius 1 is 1.21 bits per heavy atom. The Morgan fingerprint density at radius 3 is 2.75 bits per heavy atom. The van der Waals surface area contributed by atoms with Gasteiger partial charge in [0.15, 0.2) is 5.13 Å². The highest BCUT2D eigenvalue weighted by molar-refractivity contribution is 7.17. The average molecular weight is 417 g/mol. The van der Waals surface area contributed by atoms with Gasteiger partial charge in [-0.15, -0.1) is 0 Å². The highest BCUT2D eigenvalue weighted by atomic mass is 35.5. The lowest BCUT2D eigenvalue weighted by Gasteiger charge is -2.09. The van der Waals surface area contributed by atoms with Crippen molar-refractivity contribution in [2.24, 2.45) is 0 Å². The fraction of sp³-hybridized carbons (Fsp3) is 0.263. The van der Waals surface area contributed by atoms with Gasteiger partial charge in [-0.1, -0.05) is 42.0 Å². The molecule has 146 valence electrons. The number of nitrogens with one attached hydrogen (secondary N) is 3. The molecule has 0 aliphatic rings. The molecular formula is C19H21ClN6OS.